The fourth-order valence-electron chi connectivity index (χ4n) is 1.87. The molecule has 0 aromatic heterocycles. The Bertz CT molecular complexity index is 627. The first-order chi connectivity index (χ1) is 11.0. The zero-order valence-electron chi connectivity index (χ0n) is 12.8. The van der Waals surface area contributed by atoms with Crippen LogP contribution in [0.4, 0.5) is 5.69 Å². The van der Waals surface area contributed by atoms with E-state index in [4.69, 9.17) is 28.0 Å². The number of methoxy groups -OCH3 is 1. The summed E-state index contributed by atoms with van der Waals surface area (Å²) in [6, 6.07) is 5.24. The van der Waals surface area contributed by atoms with Gasteiger partial charge in [-0.05, 0) is 24.6 Å². The topological polar surface area (TPSA) is 63.2 Å². The Hall–Kier alpha value is -1.76. The third-order valence-electron chi connectivity index (χ3n) is 3.01. The minimum atomic E-state index is -0.414. The highest BCUT2D eigenvalue weighted by Gasteiger charge is 2.20. The fourth-order valence-corrected chi connectivity index (χ4v) is 2.36. The summed E-state index contributed by atoms with van der Waals surface area (Å²) in [5.41, 5.74) is 1.31. The number of aliphatic imine (C=N–C) groups is 1. The molecule has 1 aliphatic rings. The molecule has 0 aliphatic carbocycles. The highest BCUT2D eigenvalue weighted by atomic mass is 35.5. The van der Waals surface area contributed by atoms with Crippen LogP contribution in [0.25, 0.3) is 0 Å². The smallest absolute Gasteiger partial charge is 0.330 e. The summed E-state index contributed by atoms with van der Waals surface area (Å²) in [6.07, 6.45) is 1.38. The number of anilines is 1. The Balaban J connectivity index is 1.98. The number of benzene rings is 1. The van der Waals surface area contributed by atoms with Gasteiger partial charge in [-0.15, -0.1) is 0 Å². The van der Waals surface area contributed by atoms with Crippen molar-refractivity contribution in [2.75, 3.05) is 32.1 Å². The van der Waals surface area contributed by atoms with Gasteiger partial charge in [0.2, 0.25) is 5.96 Å². The molecular weight excluding hydrogens is 341 g/mol. The van der Waals surface area contributed by atoms with Crippen molar-refractivity contribution in [1.82, 2.24) is 5.06 Å². The van der Waals surface area contributed by atoms with Crippen molar-refractivity contribution in [2.45, 2.75) is 6.92 Å². The molecule has 1 aromatic carbocycles. The van der Waals surface area contributed by atoms with Crippen molar-refractivity contribution in [3.05, 3.63) is 39.9 Å². The van der Waals surface area contributed by atoms with E-state index < -0.39 is 5.97 Å². The van der Waals surface area contributed by atoms with Gasteiger partial charge in [0.15, 0.2) is 0 Å². The Morgan fingerprint density at radius 2 is 2.13 bits per heavy atom. The molecule has 1 heterocycles. The van der Waals surface area contributed by atoms with E-state index in [2.05, 4.69) is 15.0 Å². The van der Waals surface area contributed by atoms with Crippen LogP contribution in [-0.2, 0) is 14.4 Å². The lowest BCUT2D eigenvalue weighted by molar-refractivity contribution is -0.135. The van der Waals surface area contributed by atoms with E-state index in [1.165, 1.54) is 13.2 Å². The molecule has 0 saturated carbocycles. The average Bonchev–Trinajstić information content (AvgIpc) is 2.96. The van der Waals surface area contributed by atoms with Gasteiger partial charge in [0, 0.05) is 6.08 Å². The first kappa shape index (κ1) is 17.6. The first-order valence-electron chi connectivity index (χ1n) is 6.92. The van der Waals surface area contributed by atoms with Gasteiger partial charge < -0.3 is 10.1 Å². The summed E-state index contributed by atoms with van der Waals surface area (Å²) < 4.78 is 4.57. The summed E-state index contributed by atoms with van der Waals surface area (Å²) >= 11 is 12.3. The second kappa shape index (κ2) is 8.19. The molecule has 0 amide bonds. The number of carbonyl (C=O) groups excluding carboxylic acids is 1. The minimum absolute atomic E-state index is 0.242. The largest absolute Gasteiger partial charge is 0.466 e. The Morgan fingerprint density at radius 1 is 1.43 bits per heavy atom. The highest BCUT2D eigenvalue weighted by molar-refractivity contribution is 6.39. The van der Waals surface area contributed by atoms with Gasteiger partial charge in [-0.25, -0.2) is 14.9 Å². The van der Waals surface area contributed by atoms with Gasteiger partial charge in [-0.3, -0.25) is 4.84 Å². The van der Waals surface area contributed by atoms with Crippen LogP contribution in [-0.4, -0.2) is 43.8 Å². The second-order valence-corrected chi connectivity index (χ2v) is 5.63. The van der Waals surface area contributed by atoms with E-state index in [0.29, 0.717) is 34.8 Å². The molecule has 0 radical (unpaired) electrons. The maximum absolute atomic E-state index is 11.2. The number of ether oxygens (including phenoxy) is 1. The van der Waals surface area contributed by atoms with Crippen LogP contribution in [0.3, 0.4) is 0 Å². The lowest BCUT2D eigenvalue weighted by Crippen LogP contribution is -2.34. The summed E-state index contributed by atoms with van der Waals surface area (Å²) in [6.45, 7) is 3.20. The van der Waals surface area contributed by atoms with Gasteiger partial charge in [0.05, 0.1) is 42.5 Å². The van der Waals surface area contributed by atoms with Gasteiger partial charge >= 0.3 is 5.97 Å². The predicted octanol–water partition coefficient (Wildman–Crippen LogP) is 3.13. The molecule has 0 fully saturated rings. The van der Waals surface area contributed by atoms with Crippen LogP contribution < -0.4 is 5.32 Å². The number of hydrogen-bond acceptors (Lipinski definition) is 6. The number of esters is 1. The Morgan fingerprint density at radius 3 is 2.78 bits per heavy atom. The van der Waals surface area contributed by atoms with Crippen molar-refractivity contribution in [3.63, 3.8) is 0 Å². The van der Waals surface area contributed by atoms with Crippen LogP contribution in [0.1, 0.15) is 6.92 Å². The van der Waals surface area contributed by atoms with Crippen molar-refractivity contribution in [3.8, 4) is 0 Å². The molecule has 23 heavy (non-hydrogen) atoms. The maximum atomic E-state index is 11.2. The number of nitrogens with zero attached hydrogens (tertiary/aromatic N) is 2. The lowest BCUT2D eigenvalue weighted by atomic mass is 10.3. The molecule has 0 atom stereocenters. The number of rotatable bonds is 5. The number of hydroxylamine groups is 2. The number of para-hydroxylation sites is 1. The Kier molecular flexibility index (Phi) is 6.27. The summed E-state index contributed by atoms with van der Waals surface area (Å²) in [5.74, 6) is 0.105. The molecule has 8 heteroatoms. The molecule has 6 nitrogen and oxygen atoms in total. The number of halogens is 2. The summed E-state index contributed by atoms with van der Waals surface area (Å²) in [7, 11) is 1.33. The summed E-state index contributed by atoms with van der Waals surface area (Å²) in [5, 5.41) is 5.67. The molecule has 0 unspecified atom stereocenters. The van der Waals surface area contributed by atoms with Gasteiger partial charge in [-0.2, -0.15) is 0 Å². The summed E-state index contributed by atoms with van der Waals surface area (Å²) in [4.78, 5) is 21.1. The zero-order chi connectivity index (χ0) is 16.8. The van der Waals surface area contributed by atoms with Crippen molar-refractivity contribution < 1.29 is 14.4 Å². The third-order valence-corrected chi connectivity index (χ3v) is 3.64. The van der Waals surface area contributed by atoms with Crippen molar-refractivity contribution in [1.29, 1.82) is 0 Å². The SMILES string of the molecule is COC(=O)/C=C(\C)CON1CCN=C1Nc1c(Cl)cccc1Cl. The molecular formula is C15H17Cl2N3O3. The normalized spacial score (nSPS) is 14.7. The van der Waals surface area contributed by atoms with Gasteiger partial charge in [0.1, 0.15) is 0 Å². The number of guanidine groups is 1. The lowest BCUT2D eigenvalue weighted by Gasteiger charge is -2.21. The van der Waals surface area contributed by atoms with E-state index >= 15 is 0 Å². The maximum Gasteiger partial charge on any atom is 0.330 e. The average molecular weight is 358 g/mol. The van der Waals surface area contributed by atoms with E-state index in [-0.39, 0.29) is 6.61 Å². The monoisotopic (exact) mass is 357 g/mol. The van der Waals surface area contributed by atoms with Crippen LogP contribution >= 0.6 is 23.2 Å². The fraction of sp³-hybridized carbons (Fsp3) is 0.333. The molecule has 1 aliphatic heterocycles. The van der Waals surface area contributed by atoms with Crippen LogP contribution in [0.5, 0.6) is 0 Å². The molecule has 0 spiro atoms. The van der Waals surface area contributed by atoms with E-state index in [1.807, 2.05) is 0 Å². The quantitative estimate of drug-likeness (QED) is 0.647. The number of nitrogens with one attached hydrogen (secondary N) is 1. The molecule has 2 rings (SSSR count). The standard InChI is InChI=1S/C15H17Cl2N3O3/c1-10(8-13(21)22-2)9-23-20-7-6-18-15(20)19-14-11(16)4-3-5-12(14)17/h3-5,8H,6-7,9H2,1-2H3,(H,18,19)/b10-8+. The second-order valence-electron chi connectivity index (χ2n) is 4.82. The van der Waals surface area contributed by atoms with Gasteiger partial charge in [-0.1, -0.05) is 29.3 Å². The first-order valence-corrected chi connectivity index (χ1v) is 7.68. The molecule has 1 N–H and O–H groups in total. The predicted molar refractivity (Wildman–Crippen MR) is 90.8 cm³/mol. The Labute approximate surface area is 144 Å². The van der Waals surface area contributed by atoms with Crippen LogP contribution in [0.15, 0.2) is 34.8 Å². The van der Waals surface area contributed by atoms with E-state index in [9.17, 15) is 4.79 Å². The van der Waals surface area contributed by atoms with Gasteiger partial charge in [0.25, 0.3) is 0 Å². The van der Waals surface area contributed by atoms with E-state index in [0.717, 1.165) is 5.57 Å². The number of hydrogen-bond donors (Lipinski definition) is 1. The van der Waals surface area contributed by atoms with Crippen molar-refractivity contribution in [2.24, 2.45) is 4.99 Å². The molecule has 124 valence electrons. The molecule has 1 aromatic rings. The minimum Gasteiger partial charge on any atom is -0.466 e. The number of carbonyl (C=O) groups is 1. The molecule has 0 saturated heterocycles. The van der Waals surface area contributed by atoms with Crippen molar-refractivity contribution >= 4 is 40.8 Å². The van der Waals surface area contributed by atoms with Crippen LogP contribution in [0, 0.1) is 0 Å². The highest BCUT2D eigenvalue weighted by Crippen LogP contribution is 2.30. The molecule has 0 bridgehead atoms. The van der Waals surface area contributed by atoms with Crippen LogP contribution in [0.2, 0.25) is 10.0 Å². The zero-order valence-corrected chi connectivity index (χ0v) is 14.3. The third kappa shape index (κ3) is 4.86. The van der Waals surface area contributed by atoms with E-state index in [1.54, 1.807) is 30.2 Å².